The van der Waals surface area contributed by atoms with E-state index in [9.17, 15) is 5.11 Å². The fourth-order valence-corrected chi connectivity index (χ4v) is 1.93. The van der Waals surface area contributed by atoms with Crippen LogP contribution in [0.5, 0.6) is 0 Å². The van der Waals surface area contributed by atoms with E-state index in [1.54, 1.807) is 0 Å². The van der Waals surface area contributed by atoms with Crippen molar-refractivity contribution >= 4 is 0 Å². The standard InChI is InChI=1S/C8H14O2/c1-6-4-8(6,9)7-2-3-10-5-7/h6-7,9H,2-5H2,1H3. The highest BCUT2D eigenvalue weighted by Gasteiger charge is 2.55. The normalized spacial score (nSPS) is 53.4. The second-order valence-corrected chi connectivity index (χ2v) is 3.66. The lowest BCUT2D eigenvalue weighted by Gasteiger charge is -2.15. The molecule has 1 saturated carbocycles. The van der Waals surface area contributed by atoms with Gasteiger partial charge in [0.15, 0.2) is 0 Å². The average Bonchev–Trinajstić information content (AvgIpc) is 2.35. The van der Waals surface area contributed by atoms with Crippen molar-refractivity contribution in [3.8, 4) is 0 Å². The van der Waals surface area contributed by atoms with E-state index in [2.05, 4.69) is 6.92 Å². The molecule has 2 nitrogen and oxygen atoms in total. The monoisotopic (exact) mass is 142 g/mol. The predicted octanol–water partition coefficient (Wildman–Crippen LogP) is 0.794. The smallest absolute Gasteiger partial charge is 0.0728 e. The molecule has 2 fully saturated rings. The molecule has 0 amide bonds. The van der Waals surface area contributed by atoms with Crippen LogP contribution in [0.4, 0.5) is 0 Å². The van der Waals surface area contributed by atoms with Crippen LogP contribution in [0.1, 0.15) is 19.8 Å². The second kappa shape index (κ2) is 1.95. The molecule has 2 aliphatic rings. The first kappa shape index (κ1) is 6.62. The molecule has 1 heterocycles. The summed E-state index contributed by atoms with van der Waals surface area (Å²) in [5.74, 6) is 0.946. The van der Waals surface area contributed by atoms with Gasteiger partial charge >= 0.3 is 0 Å². The van der Waals surface area contributed by atoms with Gasteiger partial charge in [-0.2, -0.15) is 0 Å². The van der Waals surface area contributed by atoms with Gasteiger partial charge in [-0.1, -0.05) is 6.92 Å². The van der Waals surface area contributed by atoms with Gasteiger partial charge in [0.1, 0.15) is 0 Å². The van der Waals surface area contributed by atoms with Gasteiger partial charge in [0.25, 0.3) is 0 Å². The largest absolute Gasteiger partial charge is 0.389 e. The SMILES string of the molecule is CC1CC1(O)C1CCOC1. The molecule has 0 aromatic rings. The van der Waals surface area contributed by atoms with Crippen LogP contribution in [0, 0.1) is 11.8 Å². The lowest BCUT2D eigenvalue weighted by molar-refractivity contribution is 0.0578. The highest BCUT2D eigenvalue weighted by Crippen LogP contribution is 2.50. The molecular formula is C8H14O2. The summed E-state index contributed by atoms with van der Waals surface area (Å²) in [5.41, 5.74) is -0.337. The van der Waals surface area contributed by atoms with Crippen LogP contribution in [-0.2, 0) is 4.74 Å². The van der Waals surface area contributed by atoms with Gasteiger partial charge in [0, 0.05) is 12.5 Å². The highest BCUT2D eigenvalue weighted by molar-refractivity contribution is 5.06. The van der Waals surface area contributed by atoms with Crippen molar-refractivity contribution in [2.45, 2.75) is 25.4 Å². The maximum absolute atomic E-state index is 9.82. The fourth-order valence-electron chi connectivity index (χ4n) is 1.93. The van der Waals surface area contributed by atoms with Crippen LogP contribution < -0.4 is 0 Å². The number of hydrogen-bond donors (Lipinski definition) is 1. The zero-order valence-electron chi connectivity index (χ0n) is 6.34. The molecule has 3 unspecified atom stereocenters. The van der Waals surface area contributed by atoms with Crippen LogP contribution in [0.25, 0.3) is 0 Å². The number of hydrogen-bond acceptors (Lipinski definition) is 2. The Balaban J connectivity index is 1.99. The van der Waals surface area contributed by atoms with Gasteiger partial charge in [-0.3, -0.25) is 0 Å². The van der Waals surface area contributed by atoms with E-state index in [0.29, 0.717) is 11.8 Å². The molecule has 0 aromatic carbocycles. The number of rotatable bonds is 1. The number of ether oxygens (including phenoxy) is 1. The molecule has 10 heavy (non-hydrogen) atoms. The first-order valence-electron chi connectivity index (χ1n) is 4.03. The summed E-state index contributed by atoms with van der Waals surface area (Å²) >= 11 is 0. The Morgan fingerprint density at radius 2 is 2.30 bits per heavy atom. The zero-order chi connectivity index (χ0) is 7.19. The summed E-state index contributed by atoms with van der Waals surface area (Å²) in [6.45, 7) is 3.73. The third-order valence-corrected chi connectivity index (χ3v) is 2.96. The maximum atomic E-state index is 9.82. The molecule has 2 rings (SSSR count). The van der Waals surface area contributed by atoms with Crippen molar-refractivity contribution in [1.29, 1.82) is 0 Å². The zero-order valence-corrected chi connectivity index (χ0v) is 6.34. The third kappa shape index (κ3) is 0.789. The minimum Gasteiger partial charge on any atom is -0.389 e. The van der Waals surface area contributed by atoms with Crippen LogP contribution >= 0.6 is 0 Å². The van der Waals surface area contributed by atoms with Crippen molar-refractivity contribution in [2.24, 2.45) is 11.8 Å². The molecule has 0 bridgehead atoms. The first-order chi connectivity index (χ1) is 4.73. The lowest BCUT2D eigenvalue weighted by Crippen LogP contribution is -2.24. The summed E-state index contributed by atoms with van der Waals surface area (Å²) in [7, 11) is 0. The molecule has 1 saturated heterocycles. The highest BCUT2D eigenvalue weighted by atomic mass is 16.5. The lowest BCUT2D eigenvalue weighted by atomic mass is 9.98. The Bertz CT molecular complexity index is 140. The van der Waals surface area contributed by atoms with Crippen LogP contribution in [0.3, 0.4) is 0 Å². The Morgan fingerprint density at radius 1 is 1.60 bits per heavy atom. The Kier molecular flexibility index (Phi) is 1.29. The Hall–Kier alpha value is -0.0800. The van der Waals surface area contributed by atoms with Gasteiger partial charge in [-0.25, -0.2) is 0 Å². The number of aliphatic hydroxyl groups is 1. The molecule has 1 aliphatic carbocycles. The maximum Gasteiger partial charge on any atom is 0.0728 e. The van der Waals surface area contributed by atoms with Crippen molar-refractivity contribution in [3.05, 3.63) is 0 Å². The summed E-state index contributed by atoms with van der Waals surface area (Å²) in [4.78, 5) is 0. The summed E-state index contributed by atoms with van der Waals surface area (Å²) in [6, 6.07) is 0. The van der Waals surface area contributed by atoms with Crippen molar-refractivity contribution in [1.82, 2.24) is 0 Å². The van der Waals surface area contributed by atoms with Crippen LogP contribution in [0.15, 0.2) is 0 Å². The molecule has 58 valence electrons. The van der Waals surface area contributed by atoms with Crippen molar-refractivity contribution < 1.29 is 9.84 Å². The minimum absolute atomic E-state index is 0.337. The van der Waals surface area contributed by atoms with E-state index < -0.39 is 0 Å². The second-order valence-electron chi connectivity index (χ2n) is 3.66. The Labute approximate surface area is 61.2 Å². The van der Waals surface area contributed by atoms with Gasteiger partial charge in [-0.05, 0) is 18.8 Å². The van der Waals surface area contributed by atoms with Crippen LogP contribution in [-0.4, -0.2) is 23.9 Å². The molecule has 2 heteroatoms. The molecule has 0 spiro atoms. The van der Waals surface area contributed by atoms with Crippen molar-refractivity contribution in [3.63, 3.8) is 0 Å². The van der Waals surface area contributed by atoms with E-state index in [4.69, 9.17) is 4.74 Å². The van der Waals surface area contributed by atoms with Gasteiger partial charge in [-0.15, -0.1) is 0 Å². The molecular weight excluding hydrogens is 128 g/mol. The van der Waals surface area contributed by atoms with E-state index in [0.717, 1.165) is 26.1 Å². The first-order valence-corrected chi connectivity index (χ1v) is 4.03. The fraction of sp³-hybridized carbons (Fsp3) is 1.00. The van der Waals surface area contributed by atoms with E-state index in [1.807, 2.05) is 0 Å². The quantitative estimate of drug-likeness (QED) is 0.586. The summed E-state index contributed by atoms with van der Waals surface area (Å²) < 4.78 is 5.21. The van der Waals surface area contributed by atoms with Gasteiger partial charge in [0.05, 0.1) is 12.2 Å². The molecule has 1 N–H and O–H groups in total. The average molecular weight is 142 g/mol. The molecule has 1 aliphatic heterocycles. The Morgan fingerprint density at radius 3 is 2.70 bits per heavy atom. The van der Waals surface area contributed by atoms with Gasteiger partial charge < -0.3 is 9.84 Å². The molecule has 0 radical (unpaired) electrons. The molecule has 0 aromatic heterocycles. The minimum atomic E-state index is -0.337. The summed E-state index contributed by atoms with van der Waals surface area (Å²) in [5, 5.41) is 9.82. The van der Waals surface area contributed by atoms with E-state index >= 15 is 0 Å². The van der Waals surface area contributed by atoms with Crippen LogP contribution in [0.2, 0.25) is 0 Å². The third-order valence-electron chi connectivity index (χ3n) is 2.96. The van der Waals surface area contributed by atoms with E-state index in [-0.39, 0.29) is 5.60 Å². The topological polar surface area (TPSA) is 29.5 Å². The van der Waals surface area contributed by atoms with Crippen molar-refractivity contribution in [2.75, 3.05) is 13.2 Å². The summed E-state index contributed by atoms with van der Waals surface area (Å²) in [6.07, 6.45) is 2.04. The predicted molar refractivity (Wildman–Crippen MR) is 37.7 cm³/mol. The molecule has 3 atom stereocenters. The van der Waals surface area contributed by atoms with Gasteiger partial charge in [0.2, 0.25) is 0 Å². The van der Waals surface area contributed by atoms with E-state index in [1.165, 1.54) is 0 Å².